The van der Waals surface area contributed by atoms with E-state index in [9.17, 15) is 0 Å². The number of unbranched alkanes of at least 4 members (excludes halogenated alkanes) is 3. The first-order valence-corrected chi connectivity index (χ1v) is 5.83. The monoisotopic (exact) mass is 195 g/mol. The normalized spacial score (nSPS) is 11.1. The van der Waals surface area contributed by atoms with Crippen molar-refractivity contribution in [1.82, 2.24) is 4.98 Å². The second-order valence-corrected chi connectivity index (χ2v) is 4.22. The van der Waals surface area contributed by atoms with E-state index in [0.29, 0.717) is 6.04 Å². The van der Waals surface area contributed by atoms with E-state index in [-0.39, 0.29) is 0 Å². The molecule has 0 unspecified atom stereocenters. The Morgan fingerprint density at radius 3 is 2.71 bits per heavy atom. The van der Waals surface area contributed by atoms with Gasteiger partial charge in [0.15, 0.2) is 0 Å². The van der Waals surface area contributed by atoms with Gasteiger partial charge in [-0.2, -0.15) is 0 Å². The van der Waals surface area contributed by atoms with Crippen LogP contribution in [0.3, 0.4) is 0 Å². The maximum Gasteiger partial charge on any atom is 0.254 e. The molecule has 1 rings (SSSR count). The number of hydrogen-bond donors (Lipinski definition) is 1. The largest absolute Gasteiger partial charge is 0.254 e. The van der Waals surface area contributed by atoms with Gasteiger partial charge in [0, 0.05) is 6.42 Å². The molecule has 1 aromatic heterocycles. The molecular formula is C12H23N2+. The third-order valence-electron chi connectivity index (χ3n) is 2.62. The Bertz CT molecular complexity index is 251. The number of imidazole rings is 1. The number of nitrogens with zero attached hydrogens (tertiary/aromatic N) is 1. The summed E-state index contributed by atoms with van der Waals surface area (Å²) in [6.45, 7) is 6.70. The first-order chi connectivity index (χ1) is 6.75. The van der Waals surface area contributed by atoms with Crippen LogP contribution >= 0.6 is 0 Å². The lowest BCUT2D eigenvalue weighted by Gasteiger charge is -2.03. The van der Waals surface area contributed by atoms with Gasteiger partial charge in [0.05, 0.1) is 6.04 Å². The fourth-order valence-electron chi connectivity index (χ4n) is 1.78. The predicted molar refractivity (Wildman–Crippen MR) is 59.2 cm³/mol. The summed E-state index contributed by atoms with van der Waals surface area (Å²) in [7, 11) is 0. The van der Waals surface area contributed by atoms with Crippen molar-refractivity contribution in [2.24, 2.45) is 0 Å². The van der Waals surface area contributed by atoms with Gasteiger partial charge in [-0.3, -0.25) is 0 Å². The maximum atomic E-state index is 3.33. The summed E-state index contributed by atoms with van der Waals surface area (Å²) in [4.78, 5) is 3.33. The zero-order valence-electron chi connectivity index (χ0n) is 9.71. The minimum Gasteiger partial charge on any atom is -0.248 e. The third kappa shape index (κ3) is 3.17. The average molecular weight is 195 g/mol. The van der Waals surface area contributed by atoms with Crippen molar-refractivity contribution < 1.29 is 4.57 Å². The number of nitrogens with one attached hydrogen (secondary N) is 1. The van der Waals surface area contributed by atoms with Crippen molar-refractivity contribution in [3.63, 3.8) is 0 Å². The van der Waals surface area contributed by atoms with Crippen LogP contribution in [0.4, 0.5) is 0 Å². The van der Waals surface area contributed by atoms with Crippen molar-refractivity contribution in [2.45, 2.75) is 58.9 Å². The van der Waals surface area contributed by atoms with Gasteiger partial charge in [0.1, 0.15) is 12.4 Å². The van der Waals surface area contributed by atoms with Gasteiger partial charge < -0.3 is 0 Å². The van der Waals surface area contributed by atoms with E-state index in [2.05, 4.69) is 36.5 Å². The highest BCUT2D eigenvalue weighted by molar-refractivity contribution is 4.77. The summed E-state index contributed by atoms with van der Waals surface area (Å²) in [6, 6.07) is 0.572. The molecule has 0 aliphatic rings. The van der Waals surface area contributed by atoms with Gasteiger partial charge in [-0.1, -0.05) is 26.2 Å². The molecule has 2 nitrogen and oxygen atoms in total. The molecule has 0 aromatic carbocycles. The molecule has 0 saturated carbocycles. The van der Waals surface area contributed by atoms with E-state index >= 15 is 0 Å². The third-order valence-corrected chi connectivity index (χ3v) is 2.62. The zero-order valence-corrected chi connectivity index (χ0v) is 9.71. The quantitative estimate of drug-likeness (QED) is 0.532. The molecule has 1 heterocycles. The summed E-state index contributed by atoms with van der Waals surface area (Å²) in [6.07, 6.45) is 10.7. The summed E-state index contributed by atoms with van der Waals surface area (Å²) in [5.41, 5.74) is 0. The Labute approximate surface area is 87.4 Å². The molecule has 0 fully saturated rings. The highest BCUT2D eigenvalue weighted by atomic mass is 15.1. The lowest BCUT2D eigenvalue weighted by molar-refractivity contribution is -0.721. The second kappa shape index (κ2) is 5.84. The van der Waals surface area contributed by atoms with Crippen molar-refractivity contribution in [2.75, 3.05) is 0 Å². The molecule has 0 aliphatic carbocycles. The molecule has 0 bridgehead atoms. The molecule has 0 atom stereocenters. The maximum absolute atomic E-state index is 3.33. The molecule has 0 aliphatic heterocycles. The minimum absolute atomic E-state index is 0.572. The van der Waals surface area contributed by atoms with Crippen molar-refractivity contribution >= 4 is 0 Å². The highest BCUT2D eigenvalue weighted by Crippen LogP contribution is 2.04. The van der Waals surface area contributed by atoms with Crippen LogP contribution in [0.2, 0.25) is 0 Å². The van der Waals surface area contributed by atoms with E-state index in [1.807, 2.05) is 6.20 Å². The SMILES string of the molecule is CCCCCCc1[nH]cc[n+]1C(C)C. The van der Waals surface area contributed by atoms with Gasteiger partial charge in [0.2, 0.25) is 0 Å². The Kier molecular flexibility index (Phi) is 4.71. The van der Waals surface area contributed by atoms with Crippen molar-refractivity contribution in [3.8, 4) is 0 Å². The standard InChI is InChI=1S/C12H22N2/c1-4-5-6-7-8-12-13-9-10-14(12)11(2)3/h9-11H,4-8H2,1-3H3/p+1. The Hall–Kier alpha value is -0.790. The molecule has 0 saturated heterocycles. The molecule has 1 N–H and O–H groups in total. The van der Waals surface area contributed by atoms with Gasteiger partial charge >= 0.3 is 0 Å². The van der Waals surface area contributed by atoms with Crippen LogP contribution < -0.4 is 4.57 Å². The van der Waals surface area contributed by atoms with E-state index in [1.165, 1.54) is 37.9 Å². The molecule has 0 radical (unpaired) electrons. The minimum atomic E-state index is 0.572. The van der Waals surface area contributed by atoms with Crippen molar-refractivity contribution in [1.29, 1.82) is 0 Å². The van der Waals surface area contributed by atoms with Crippen LogP contribution in [0.25, 0.3) is 0 Å². The van der Waals surface area contributed by atoms with Crippen LogP contribution in [0.1, 0.15) is 58.3 Å². The number of aryl methyl sites for hydroxylation is 1. The predicted octanol–water partition coefficient (Wildman–Crippen LogP) is 3.01. The Balaban J connectivity index is 2.38. The van der Waals surface area contributed by atoms with Gasteiger partial charge in [-0.25, -0.2) is 9.55 Å². The molecule has 0 amide bonds. The van der Waals surface area contributed by atoms with E-state index in [1.54, 1.807) is 0 Å². The summed E-state index contributed by atoms with van der Waals surface area (Å²) >= 11 is 0. The zero-order chi connectivity index (χ0) is 10.4. The van der Waals surface area contributed by atoms with Crippen molar-refractivity contribution in [3.05, 3.63) is 18.2 Å². The number of H-pyrrole nitrogens is 1. The van der Waals surface area contributed by atoms with Crippen LogP contribution in [0, 0.1) is 0 Å². The Morgan fingerprint density at radius 2 is 2.07 bits per heavy atom. The van der Waals surface area contributed by atoms with E-state index < -0.39 is 0 Å². The lowest BCUT2D eigenvalue weighted by Crippen LogP contribution is -2.38. The fraction of sp³-hybridized carbons (Fsp3) is 0.750. The topological polar surface area (TPSA) is 19.7 Å². The van der Waals surface area contributed by atoms with E-state index in [4.69, 9.17) is 0 Å². The lowest BCUT2D eigenvalue weighted by atomic mass is 10.1. The second-order valence-electron chi connectivity index (χ2n) is 4.22. The molecule has 1 aromatic rings. The van der Waals surface area contributed by atoms with E-state index in [0.717, 1.165) is 0 Å². The molecular weight excluding hydrogens is 172 g/mol. The molecule has 14 heavy (non-hydrogen) atoms. The van der Waals surface area contributed by atoms with Crippen LogP contribution in [-0.2, 0) is 6.42 Å². The average Bonchev–Trinajstić information content (AvgIpc) is 2.60. The van der Waals surface area contributed by atoms with Crippen LogP contribution in [0.15, 0.2) is 12.4 Å². The van der Waals surface area contributed by atoms with Gasteiger partial charge in [-0.05, 0) is 20.3 Å². The number of aromatic nitrogens is 2. The van der Waals surface area contributed by atoms with Crippen LogP contribution in [0.5, 0.6) is 0 Å². The highest BCUT2D eigenvalue weighted by Gasteiger charge is 2.12. The first-order valence-electron chi connectivity index (χ1n) is 5.83. The molecule has 80 valence electrons. The first kappa shape index (κ1) is 11.3. The van der Waals surface area contributed by atoms with Crippen LogP contribution in [-0.4, -0.2) is 4.98 Å². The Morgan fingerprint density at radius 1 is 1.29 bits per heavy atom. The molecule has 2 heteroatoms. The van der Waals surface area contributed by atoms with Gasteiger partial charge in [0.25, 0.3) is 5.82 Å². The number of hydrogen-bond acceptors (Lipinski definition) is 0. The fourth-order valence-corrected chi connectivity index (χ4v) is 1.78. The molecule has 0 spiro atoms. The summed E-state index contributed by atoms with van der Waals surface area (Å²) in [5.74, 6) is 1.37. The smallest absolute Gasteiger partial charge is 0.248 e. The summed E-state index contributed by atoms with van der Waals surface area (Å²) in [5, 5.41) is 0. The number of aromatic amines is 1. The summed E-state index contributed by atoms with van der Waals surface area (Å²) < 4.78 is 2.33. The van der Waals surface area contributed by atoms with Gasteiger partial charge in [-0.15, -0.1) is 0 Å². The number of rotatable bonds is 6.